The minimum atomic E-state index is -0.330. The van der Waals surface area contributed by atoms with Crippen LogP contribution in [0, 0.1) is 0 Å². The van der Waals surface area contributed by atoms with Crippen LogP contribution in [0.1, 0.15) is 41.4 Å². The van der Waals surface area contributed by atoms with Crippen LogP contribution in [-0.4, -0.2) is 27.8 Å². The van der Waals surface area contributed by atoms with Gasteiger partial charge in [0.25, 0.3) is 5.91 Å². The highest BCUT2D eigenvalue weighted by Crippen LogP contribution is 2.39. The van der Waals surface area contributed by atoms with Crippen LogP contribution < -0.4 is 11.1 Å². The van der Waals surface area contributed by atoms with Crippen LogP contribution in [0.3, 0.4) is 0 Å². The maximum Gasteiger partial charge on any atom is 0.276 e. The van der Waals surface area contributed by atoms with Gasteiger partial charge >= 0.3 is 0 Å². The quantitative estimate of drug-likeness (QED) is 0.679. The molecule has 0 bridgehead atoms. The molecule has 1 fully saturated rings. The molecule has 7 heteroatoms. The van der Waals surface area contributed by atoms with Crippen LogP contribution in [0.4, 0.5) is 5.69 Å². The van der Waals surface area contributed by atoms with E-state index in [0.29, 0.717) is 29.5 Å². The van der Waals surface area contributed by atoms with Crippen LogP contribution in [-0.2, 0) is 4.79 Å². The van der Waals surface area contributed by atoms with Crippen molar-refractivity contribution in [1.29, 1.82) is 0 Å². The Hall–Kier alpha value is -2.28. The van der Waals surface area contributed by atoms with Crippen molar-refractivity contribution in [1.82, 2.24) is 10.2 Å². The largest absolute Gasteiger partial charge is 0.370 e. The lowest BCUT2D eigenvalue weighted by Gasteiger charge is -2.09. The van der Waals surface area contributed by atoms with E-state index in [-0.39, 0.29) is 11.8 Å². The van der Waals surface area contributed by atoms with E-state index < -0.39 is 0 Å². The molecule has 2 amide bonds. The molecule has 1 heterocycles. The molecule has 3 rings (SSSR count). The molecule has 1 aliphatic carbocycles. The van der Waals surface area contributed by atoms with Gasteiger partial charge in [-0.15, -0.1) is 11.8 Å². The molecular formula is C16H18N4O2S. The number of primary amides is 1. The van der Waals surface area contributed by atoms with Gasteiger partial charge < -0.3 is 11.1 Å². The number of benzene rings is 1. The van der Waals surface area contributed by atoms with E-state index in [9.17, 15) is 9.59 Å². The molecule has 4 N–H and O–H groups in total. The molecule has 23 heavy (non-hydrogen) atoms. The lowest BCUT2D eigenvalue weighted by Crippen LogP contribution is -2.13. The van der Waals surface area contributed by atoms with E-state index in [1.54, 1.807) is 0 Å². The normalized spacial score (nSPS) is 13.7. The Bertz CT molecular complexity index is 724. The number of amides is 2. The first-order chi connectivity index (χ1) is 11.1. The number of hydrogen-bond acceptors (Lipinski definition) is 4. The maximum atomic E-state index is 12.3. The molecule has 1 aliphatic rings. The molecule has 2 aromatic rings. The number of anilines is 1. The zero-order valence-corrected chi connectivity index (χ0v) is 13.4. The SMILES string of the molecule is NC(=O)CCSc1ccccc1NC(=O)c1cc(C2CC2)[nH]n1. The molecule has 0 radical (unpaired) electrons. The van der Waals surface area contributed by atoms with Gasteiger partial charge in [-0.25, -0.2) is 0 Å². The zero-order chi connectivity index (χ0) is 16.2. The predicted molar refractivity (Wildman–Crippen MR) is 89.5 cm³/mol. The molecule has 1 aromatic carbocycles. The van der Waals surface area contributed by atoms with Gasteiger partial charge in [0.05, 0.1) is 5.69 Å². The van der Waals surface area contributed by atoms with Gasteiger partial charge in [0.15, 0.2) is 5.69 Å². The summed E-state index contributed by atoms with van der Waals surface area (Å²) in [6.45, 7) is 0. The number of carbonyl (C=O) groups is 2. The van der Waals surface area contributed by atoms with Crippen molar-refractivity contribution in [2.75, 3.05) is 11.1 Å². The Kier molecular flexibility index (Phi) is 4.66. The second-order valence-electron chi connectivity index (χ2n) is 5.50. The van der Waals surface area contributed by atoms with Crippen molar-refractivity contribution < 1.29 is 9.59 Å². The highest BCUT2D eigenvalue weighted by Gasteiger charge is 2.26. The topological polar surface area (TPSA) is 101 Å². The fraction of sp³-hybridized carbons (Fsp3) is 0.312. The van der Waals surface area contributed by atoms with Crippen molar-refractivity contribution >= 4 is 29.3 Å². The first kappa shape index (κ1) is 15.6. The molecule has 1 saturated carbocycles. The van der Waals surface area contributed by atoms with Crippen LogP contribution in [0.15, 0.2) is 35.2 Å². The molecule has 6 nitrogen and oxygen atoms in total. The summed E-state index contributed by atoms with van der Waals surface area (Å²) < 4.78 is 0. The first-order valence-corrected chi connectivity index (χ1v) is 8.49. The monoisotopic (exact) mass is 330 g/mol. The van der Waals surface area contributed by atoms with Gasteiger partial charge in [0.1, 0.15) is 0 Å². The van der Waals surface area contributed by atoms with Gasteiger partial charge in [-0.2, -0.15) is 5.10 Å². The maximum absolute atomic E-state index is 12.3. The van der Waals surface area contributed by atoms with Gasteiger partial charge in [0, 0.05) is 28.7 Å². The summed E-state index contributed by atoms with van der Waals surface area (Å²) in [4.78, 5) is 24.1. The van der Waals surface area contributed by atoms with E-state index in [0.717, 1.165) is 23.4 Å². The van der Waals surface area contributed by atoms with E-state index >= 15 is 0 Å². The molecule has 0 unspecified atom stereocenters. The van der Waals surface area contributed by atoms with Crippen LogP contribution in [0.25, 0.3) is 0 Å². The third-order valence-electron chi connectivity index (χ3n) is 3.59. The first-order valence-electron chi connectivity index (χ1n) is 7.50. The standard InChI is InChI=1S/C16H18N4O2S/c17-15(21)7-8-23-14-4-2-1-3-11(14)18-16(22)13-9-12(19-20-13)10-5-6-10/h1-4,9-10H,5-8H2,(H2,17,21)(H,18,22)(H,19,20). The summed E-state index contributed by atoms with van der Waals surface area (Å²) in [5, 5.41) is 9.89. The van der Waals surface area contributed by atoms with Crippen molar-refractivity contribution in [3.8, 4) is 0 Å². The van der Waals surface area contributed by atoms with Gasteiger partial charge in [-0.1, -0.05) is 12.1 Å². The smallest absolute Gasteiger partial charge is 0.276 e. The molecule has 0 aliphatic heterocycles. The lowest BCUT2D eigenvalue weighted by atomic mass is 10.2. The summed E-state index contributed by atoms with van der Waals surface area (Å²) in [6, 6.07) is 9.30. The minimum absolute atomic E-state index is 0.240. The van der Waals surface area contributed by atoms with Gasteiger partial charge in [-0.05, 0) is 31.0 Å². The Morgan fingerprint density at radius 3 is 2.87 bits per heavy atom. The van der Waals surface area contributed by atoms with E-state index in [1.165, 1.54) is 11.8 Å². The van der Waals surface area contributed by atoms with Crippen molar-refractivity contribution in [2.24, 2.45) is 5.73 Å². The van der Waals surface area contributed by atoms with Gasteiger partial charge in [-0.3, -0.25) is 14.7 Å². The third kappa shape index (κ3) is 4.13. The number of rotatable bonds is 7. The number of nitrogens with two attached hydrogens (primary N) is 1. The number of carbonyl (C=O) groups excluding carboxylic acids is 2. The Labute approximate surface area is 138 Å². The number of para-hydroxylation sites is 1. The fourth-order valence-corrected chi connectivity index (χ4v) is 3.17. The van der Waals surface area contributed by atoms with Crippen molar-refractivity contribution in [3.05, 3.63) is 41.7 Å². The lowest BCUT2D eigenvalue weighted by molar-refractivity contribution is -0.117. The van der Waals surface area contributed by atoms with Gasteiger partial charge in [0.2, 0.25) is 5.91 Å². The number of H-pyrrole nitrogens is 1. The number of nitrogens with zero attached hydrogens (tertiary/aromatic N) is 1. The minimum Gasteiger partial charge on any atom is -0.370 e. The Morgan fingerprint density at radius 2 is 2.13 bits per heavy atom. The summed E-state index contributed by atoms with van der Waals surface area (Å²) in [5.74, 6) is 0.538. The molecule has 0 saturated heterocycles. The molecular weight excluding hydrogens is 312 g/mol. The van der Waals surface area contributed by atoms with Crippen LogP contribution in [0.5, 0.6) is 0 Å². The fourth-order valence-electron chi connectivity index (χ4n) is 2.20. The summed E-state index contributed by atoms with van der Waals surface area (Å²) >= 11 is 1.49. The summed E-state index contributed by atoms with van der Waals surface area (Å²) in [6.07, 6.45) is 2.61. The molecule has 1 aromatic heterocycles. The summed E-state index contributed by atoms with van der Waals surface area (Å²) in [5.41, 5.74) is 7.28. The number of nitrogens with one attached hydrogen (secondary N) is 2. The van der Waals surface area contributed by atoms with E-state index in [2.05, 4.69) is 15.5 Å². The second kappa shape index (κ2) is 6.87. The molecule has 0 atom stereocenters. The van der Waals surface area contributed by atoms with Crippen LogP contribution >= 0.6 is 11.8 Å². The van der Waals surface area contributed by atoms with Crippen molar-refractivity contribution in [2.45, 2.75) is 30.1 Å². The highest BCUT2D eigenvalue weighted by molar-refractivity contribution is 7.99. The number of aromatic nitrogens is 2. The predicted octanol–water partition coefficient (Wildman–Crippen LogP) is 2.51. The Balaban J connectivity index is 1.66. The average Bonchev–Trinajstić information content (AvgIpc) is 3.26. The van der Waals surface area contributed by atoms with E-state index in [4.69, 9.17) is 5.73 Å². The number of thioether (sulfide) groups is 1. The van der Waals surface area contributed by atoms with Crippen molar-refractivity contribution in [3.63, 3.8) is 0 Å². The second-order valence-corrected chi connectivity index (χ2v) is 6.63. The number of hydrogen-bond donors (Lipinski definition) is 3. The molecule has 0 spiro atoms. The third-order valence-corrected chi connectivity index (χ3v) is 4.66. The zero-order valence-electron chi connectivity index (χ0n) is 12.5. The average molecular weight is 330 g/mol. The molecule has 120 valence electrons. The highest BCUT2D eigenvalue weighted by atomic mass is 32.2. The van der Waals surface area contributed by atoms with E-state index in [1.807, 2.05) is 30.3 Å². The number of aromatic amines is 1. The summed E-state index contributed by atoms with van der Waals surface area (Å²) in [7, 11) is 0. The Morgan fingerprint density at radius 1 is 1.35 bits per heavy atom. The van der Waals surface area contributed by atoms with Crippen LogP contribution in [0.2, 0.25) is 0 Å².